The Morgan fingerprint density at radius 2 is 2.06 bits per heavy atom. The molecule has 17 heavy (non-hydrogen) atoms. The number of hydrogen-bond donors (Lipinski definition) is 1. The van der Waals surface area contributed by atoms with Crippen molar-refractivity contribution in [2.24, 2.45) is 5.73 Å². The topological polar surface area (TPSA) is 60.9 Å². The molecule has 1 aromatic rings. The van der Waals surface area contributed by atoms with Crippen LogP contribution in [0.25, 0.3) is 0 Å². The van der Waals surface area contributed by atoms with E-state index in [1.54, 1.807) is 4.68 Å². The molecule has 4 nitrogen and oxygen atoms in total. The van der Waals surface area contributed by atoms with Crippen LogP contribution in [-0.4, -0.2) is 21.1 Å². The molecule has 1 aromatic heterocycles. The van der Waals surface area contributed by atoms with Crippen LogP contribution in [0, 0.1) is 0 Å². The zero-order valence-corrected chi connectivity index (χ0v) is 11.4. The number of rotatable bonds is 6. The van der Waals surface area contributed by atoms with Gasteiger partial charge in [-0.1, -0.05) is 32.4 Å². The van der Waals surface area contributed by atoms with Gasteiger partial charge >= 0.3 is 0 Å². The molecule has 0 radical (unpaired) electrons. The van der Waals surface area contributed by atoms with E-state index in [9.17, 15) is 4.79 Å². The van der Waals surface area contributed by atoms with Gasteiger partial charge in [0, 0.05) is 6.54 Å². The highest BCUT2D eigenvalue weighted by Crippen LogP contribution is 2.24. The SMILES string of the molecule is CCCn1ncc(Cl)c1C(=O)C(N)(CC)CC. The zero-order valence-electron chi connectivity index (χ0n) is 10.7. The monoisotopic (exact) mass is 257 g/mol. The second-order valence-corrected chi connectivity index (χ2v) is 4.66. The van der Waals surface area contributed by atoms with Gasteiger partial charge < -0.3 is 5.73 Å². The molecule has 0 amide bonds. The van der Waals surface area contributed by atoms with E-state index in [1.807, 2.05) is 20.8 Å². The summed E-state index contributed by atoms with van der Waals surface area (Å²) in [6.07, 6.45) is 3.59. The summed E-state index contributed by atoms with van der Waals surface area (Å²) in [5, 5.41) is 4.51. The lowest BCUT2D eigenvalue weighted by Crippen LogP contribution is -2.47. The van der Waals surface area contributed by atoms with E-state index >= 15 is 0 Å². The molecule has 1 rings (SSSR count). The van der Waals surface area contributed by atoms with E-state index in [4.69, 9.17) is 17.3 Å². The first-order valence-electron chi connectivity index (χ1n) is 6.05. The molecular formula is C12H20ClN3O. The number of aromatic nitrogens is 2. The predicted molar refractivity (Wildman–Crippen MR) is 69.4 cm³/mol. The quantitative estimate of drug-likeness (QED) is 0.797. The molecule has 96 valence electrons. The standard InChI is InChI=1S/C12H20ClN3O/c1-4-7-16-10(9(13)8-15-16)11(17)12(14,5-2)6-3/h8H,4-7,14H2,1-3H3. The van der Waals surface area contributed by atoms with Crippen LogP contribution in [0.5, 0.6) is 0 Å². The van der Waals surface area contributed by atoms with Gasteiger partial charge in [0.05, 0.1) is 16.8 Å². The Balaban J connectivity index is 3.15. The molecular weight excluding hydrogens is 238 g/mol. The molecule has 0 fully saturated rings. The van der Waals surface area contributed by atoms with Crippen LogP contribution in [-0.2, 0) is 6.54 Å². The first-order valence-corrected chi connectivity index (χ1v) is 6.42. The van der Waals surface area contributed by atoms with Crippen LogP contribution in [0.1, 0.15) is 50.5 Å². The number of halogens is 1. The molecule has 5 heteroatoms. The first-order chi connectivity index (χ1) is 8.00. The average Bonchev–Trinajstić information content (AvgIpc) is 2.69. The van der Waals surface area contributed by atoms with Crippen LogP contribution in [0.2, 0.25) is 5.02 Å². The molecule has 0 unspecified atom stereocenters. The molecule has 0 atom stereocenters. The minimum atomic E-state index is -0.838. The van der Waals surface area contributed by atoms with Gasteiger partial charge in [-0.3, -0.25) is 9.48 Å². The number of nitrogens with two attached hydrogens (primary N) is 1. The van der Waals surface area contributed by atoms with Gasteiger partial charge in [-0.15, -0.1) is 0 Å². The minimum absolute atomic E-state index is 0.113. The van der Waals surface area contributed by atoms with Crippen molar-refractivity contribution in [1.82, 2.24) is 9.78 Å². The van der Waals surface area contributed by atoms with Gasteiger partial charge in [0.25, 0.3) is 0 Å². The lowest BCUT2D eigenvalue weighted by Gasteiger charge is -2.25. The molecule has 0 aliphatic rings. The highest BCUT2D eigenvalue weighted by atomic mass is 35.5. The number of ketones is 1. The molecule has 0 spiro atoms. The number of carbonyl (C=O) groups excluding carboxylic acids is 1. The van der Waals surface area contributed by atoms with Crippen molar-refractivity contribution < 1.29 is 4.79 Å². The summed E-state index contributed by atoms with van der Waals surface area (Å²) in [6, 6.07) is 0. The Labute approximate surface area is 107 Å². The number of hydrogen-bond acceptors (Lipinski definition) is 3. The van der Waals surface area contributed by atoms with E-state index < -0.39 is 5.54 Å². The summed E-state index contributed by atoms with van der Waals surface area (Å²) in [5.41, 5.74) is 5.72. The Hall–Kier alpha value is -0.870. The third-order valence-corrected chi connectivity index (χ3v) is 3.44. The number of aryl methyl sites for hydroxylation is 1. The van der Waals surface area contributed by atoms with Crippen molar-refractivity contribution in [3.63, 3.8) is 0 Å². The maximum atomic E-state index is 12.4. The Morgan fingerprint density at radius 1 is 1.47 bits per heavy atom. The predicted octanol–water partition coefficient (Wildman–Crippen LogP) is 2.65. The Morgan fingerprint density at radius 3 is 2.53 bits per heavy atom. The van der Waals surface area contributed by atoms with Crippen LogP contribution in [0.3, 0.4) is 0 Å². The number of carbonyl (C=O) groups is 1. The summed E-state index contributed by atoms with van der Waals surface area (Å²) in [4.78, 5) is 12.4. The van der Waals surface area contributed by atoms with E-state index in [0.717, 1.165) is 6.42 Å². The highest BCUT2D eigenvalue weighted by molar-refractivity contribution is 6.34. The van der Waals surface area contributed by atoms with Crippen molar-refractivity contribution in [3.8, 4) is 0 Å². The Kier molecular flexibility index (Phi) is 4.71. The number of Topliss-reactive ketones (excluding diaryl/α,β-unsaturated/α-hetero) is 1. The minimum Gasteiger partial charge on any atom is -0.319 e. The summed E-state index contributed by atoms with van der Waals surface area (Å²) < 4.78 is 1.65. The fourth-order valence-electron chi connectivity index (χ4n) is 1.78. The van der Waals surface area contributed by atoms with Crippen LogP contribution < -0.4 is 5.73 Å². The molecule has 2 N–H and O–H groups in total. The van der Waals surface area contributed by atoms with Crippen LogP contribution in [0.15, 0.2) is 6.20 Å². The fraction of sp³-hybridized carbons (Fsp3) is 0.667. The van der Waals surface area contributed by atoms with E-state index in [-0.39, 0.29) is 5.78 Å². The van der Waals surface area contributed by atoms with Gasteiger partial charge in [-0.25, -0.2) is 0 Å². The molecule has 0 bridgehead atoms. The molecule has 0 aliphatic heterocycles. The van der Waals surface area contributed by atoms with Crippen molar-refractivity contribution in [1.29, 1.82) is 0 Å². The van der Waals surface area contributed by atoms with Gasteiger partial charge in [-0.05, 0) is 19.3 Å². The van der Waals surface area contributed by atoms with Crippen LogP contribution in [0.4, 0.5) is 0 Å². The fourth-order valence-corrected chi connectivity index (χ4v) is 2.00. The van der Waals surface area contributed by atoms with Gasteiger partial charge in [-0.2, -0.15) is 5.10 Å². The van der Waals surface area contributed by atoms with E-state index in [1.165, 1.54) is 6.20 Å². The van der Waals surface area contributed by atoms with Crippen molar-refractivity contribution >= 4 is 17.4 Å². The first kappa shape index (κ1) is 14.2. The Bertz CT molecular complexity index is 396. The van der Waals surface area contributed by atoms with Gasteiger partial charge in [0.2, 0.25) is 5.78 Å². The second kappa shape index (κ2) is 5.65. The molecule has 0 saturated carbocycles. The molecule has 0 aromatic carbocycles. The molecule has 0 aliphatic carbocycles. The van der Waals surface area contributed by atoms with E-state index in [0.29, 0.717) is 30.1 Å². The second-order valence-electron chi connectivity index (χ2n) is 4.26. The largest absolute Gasteiger partial charge is 0.319 e. The molecule has 1 heterocycles. The third kappa shape index (κ3) is 2.69. The summed E-state index contributed by atoms with van der Waals surface area (Å²) >= 11 is 6.04. The highest BCUT2D eigenvalue weighted by Gasteiger charge is 2.34. The normalized spacial score (nSPS) is 11.8. The van der Waals surface area contributed by atoms with Crippen molar-refractivity contribution in [2.45, 2.75) is 52.1 Å². The van der Waals surface area contributed by atoms with Crippen molar-refractivity contribution in [2.75, 3.05) is 0 Å². The maximum absolute atomic E-state index is 12.4. The smallest absolute Gasteiger partial charge is 0.202 e. The summed E-state index contributed by atoms with van der Waals surface area (Å²) in [5.74, 6) is -0.113. The van der Waals surface area contributed by atoms with Crippen LogP contribution >= 0.6 is 11.6 Å². The number of nitrogens with zero attached hydrogens (tertiary/aromatic N) is 2. The third-order valence-electron chi connectivity index (χ3n) is 3.16. The summed E-state index contributed by atoms with van der Waals surface area (Å²) in [6.45, 7) is 6.53. The lowest BCUT2D eigenvalue weighted by molar-refractivity contribution is 0.0868. The van der Waals surface area contributed by atoms with E-state index in [2.05, 4.69) is 5.10 Å². The van der Waals surface area contributed by atoms with Gasteiger partial charge in [0.15, 0.2) is 0 Å². The zero-order chi connectivity index (χ0) is 13.1. The summed E-state index contributed by atoms with van der Waals surface area (Å²) in [7, 11) is 0. The van der Waals surface area contributed by atoms with Gasteiger partial charge in [0.1, 0.15) is 5.69 Å². The lowest BCUT2D eigenvalue weighted by atomic mass is 9.87. The van der Waals surface area contributed by atoms with Crippen molar-refractivity contribution in [3.05, 3.63) is 16.9 Å². The molecule has 0 saturated heterocycles. The maximum Gasteiger partial charge on any atom is 0.202 e. The average molecular weight is 258 g/mol.